The highest BCUT2D eigenvalue weighted by Crippen LogP contribution is 2.32. The Morgan fingerprint density at radius 3 is 2.52 bits per heavy atom. The fraction of sp³-hybridized carbons (Fsp3) is 0.200. The maximum atomic E-state index is 12.4. The minimum Gasteiger partial charge on any atom is -0.497 e. The molecule has 27 heavy (non-hydrogen) atoms. The summed E-state index contributed by atoms with van der Waals surface area (Å²) in [4.78, 5) is 12.4. The van der Waals surface area contributed by atoms with Gasteiger partial charge in [0, 0.05) is 23.7 Å². The Hall–Kier alpha value is -3.48. The fourth-order valence-corrected chi connectivity index (χ4v) is 2.71. The van der Waals surface area contributed by atoms with Crippen molar-refractivity contribution in [2.75, 3.05) is 21.3 Å². The number of hydrogen-bond acceptors (Lipinski definition) is 5. The zero-order chi connectivity index (χ0) is 19.2. The zero-order valence-electron chi connectivity index (χ0n) is 15.4. The zero-order valence-corrected chi connectivity index (χ0v) is 15.4. The summed E-state index contributed by atoms with van der Waals surface area (Å²) in [5.41, 5.74) is 2.62. The largest absolute Gasteiger partial charge is 0.497 e. The number of methoxy groups -OCH3 is 3. The van der Waals surface area contributed by atoms with Crippen molar-refractivity contribution in [3.05, 3.63) is 59.8 Å². The van der Waals surface area contributed by atoms with Crippen molar-refractivity contribution in [1.29, 1.82) is 0 Å². The maximum absolute atomic E-state index is 12.4. The van der Waals surface area contributed by atoms with Crippen molar-refractivity contribution in [3.8, 4) is 28.5 Å². The average molecular weight is 367 g/mol. The minimum absolute atomic E-state index is 0.257. The lowest BCUT2D eigenvalue weighted by Crippen LogP contribution is -2.23. The topological polar surface area (TPSA) is 85.5 Å². The number of para-hydroxylation sites is 1. The summed E-state index contributed by atoms with van der Waals surface area (Å²) in [7, 11) is 4.77. The lowest BCUT2D eigenvalue weighted by molar-refractivity contribution is 0.0945. The van der Waals surface area contributed by atoms with E-state index in [0.29, 0.717) is 29.4 Å². The number of carbonyl (C=O) groups is 1. The summed E-state index contributed by atoms with van der Waals surface area (Å²) in [5.74, 6) is 1.76. The highest BCUT2D eigenvalue weighted by atomic mass is 16.5. The quantitative estimate of drug-likeness (QED) is 0.670. The number of nitrogens with zero attached hydrogens (tertiary/aromatic N) is 1. The van der Waals surface area contributed by atoms with Crippen molar-refractivity contribution < 1.29 is 19.0 Å². The second kappa shape index (κ2) is 8.27. The molecule has 0 aliphatic carbocycles. The second-order valence-electron chi connectivity index (χ2n) is 5.73. The van der Waals surface area contributed by atoms with Crippen molar-refractivity contribution >= 4 is 5.91 Å². The van der Waals surface area contributed by atoms with Gasteiger partial charge >= 0.3 is 0 Å². The first-order chi connectivity index (χ1) is 13.2. The summed E-state index contributed by atoms with van der Waals surface area (Å²) in [6.07, 6.45) is 0. The molecule has 3 aromatic rings. The van der Waals surface area contributed by atoms with E-state index in [4.69, 9.17) is 14.2 Å². The molecule has 0 radical (unpaired) electrons. The highest BCUT2D eigenvalue weighted by Gasteiger charge is 2.15. The molecule has 140 valence electrons. The second-order valence-corrected chi connectivity index (χ2v) is 5.73. The molecule has 0 saturated heterocycles. The van der Waals surface area contributed by atoms with Gasteiger partial charge in [-0.2, -0.15) is 5.10 Å². The van der Waals surface area contributed by atoms with Crippen LogP contribution in [0, 0.1) is 0 Å². The van der Waals surface area contributed by atoms with E-state index in [2.05, 4.69) is 15.5 Å². The molecule has 2 N–H and O–H groups in total. The third-order valence-electron chi connectivity index (χ3n) is 4.14. The normalized spacial score (nSPS) is 10.3. The van der Waals surface area contributed by atoms with E-state index in [1.165, 1.54) is 0 Å². The molecule has 1 amide bonds. The Kier molecular flexibility index (Phi) is 5.61. The molecule has 0 fully saturated rings. The van der Waals surface area contributed by atoms with Gasteiger partial charge in [-0.3, -0.25) is 9.89 Å². The van der Waals surface area contributed by atoms with Crippen LogP contribution in [0.1, 0.15) is 16.1 Å². The number of H-pyrrole nitrogens is 1. The first-order valence-corrected chi connectivity index (χ1v) is 8.34. The molecule has 0 bridgehead atoms. The first kappa shape index (κ1) is 18.3. The van der Waals surface area contributed by atoms with Gasteiger partial charge in [0.25, 0.3) is 5.91 Å². The van der Waals surface area contributed by atoms with E-state index in [9.17, 15) is 4.79 Å². The van der Waals surface area contributed by atoms with Crippen LogP contribution in [0.5, 0.6) is 17.2 Å². The summed E-state index contributed by atoms with van der Waals surface area (Å²) < 4.78 is 15.9. The van der Waals surface area contributed by atoms with Gasteiger partial charge in [-0.1, -0.05) is 18.2 Å². The molecule has 0 spiro atoms. The molecule has 0 aliphatic rings. The first-order valence-electron chi connectivity index (χ1n) is 8.34. The Morgan fingerprint density at radius 1 is 1.00 bits per heavy atom. The van der Waals surface area contributed by atoms with Crippen molar-refractivity contribution in [2.24, 2.45) is 0 Å². The molecule has 0 saturated carbocycles. The van der Waals surface area contributed by atoms with Crippen LogP contribution in [0.3, 0.4) is 0 Å². The van der Waals surface area contributed by atoms with Crippen LogP contribution >= 0.6 is 0 Å². The Morgan fingerprint density at radius 2 is 1.78 bits per heavy atom. The number of aromatic nitrogens is 2. The Labute approximate surface area is 157 Å². The maximum Gasteiger partial charge on any atom is 0.269 e. The molecule has 7 nitrogen and oxygen atoms in total. The molecule has 2 aromatic carbocycles. The van der Waals surface area contributed by atoms with E-state index >= 15 is 0 Å². The van der Waals surface area contributed by atoms with Gasteiger partial charge in [-0.15, -0.1) is 0 Å². The summed E-state index contributed by atoms with van der Waals surface area (Å²) in [6, 6.07) is 14.6. The number of benzene rings is 2. The molecule has 1 heterocycles. The lowest BCUT2D eigenvalue weighted by atomic mass is 10.1. The number of amides is 1. The van der Waals surface area contributed by atoms with Gasteiger partial charge in [0.15, 0.2) is 0 Å². The van der Waals surface area contributed by atoms with Gasteiger partial charge in [0.2, 0.25) is 0 Å². The third kappa shape index (κ3) is 4.03. The van der Waals surface area contributed by atoms with E-state index in [-0.39, 0.29) is 5.91 Å². The molecular formula is C20H21N3O4. The van der Waals surface area contributed by atoms with Crippen LogP contribution in [0.15, 0.2) is 48.5 Å². The fourth-order valence-electron chi connectivity index (χ4n) is 2.71. The van der Waals surface area contributed by atoms with E-state index < -0.39 is 0 Å². The van der Waals surface area contributed by atoms with E-state index in [1.54, 1.807) is 33.5 Å². The number of rotatable bonds is 7. The van der Waals surface area contributed by atoms with Crippen molar-refractivity contribution in [3.63, 3.8) is 0 Å². The predicted molar refractivity (Wildman–Crippen MR) is 101 cm³/mol. The minimum atomic E-state index is -0.257. The predicted octanol–water partition coefficient (Wildman–Crippen LogP) is 3.03. The molecule has 0 atom stereocenters. The summed E-state index contributed by atoms with van der Waals surface area (Å²) in [5, 5.41) is 9.86. The number of hydrogen-bond donors (Lipinski definition) is 2. The Bertz CT molecular complexity index is 936. The van der Waals surface area contributed by atoms with Gasteiger partial charge < -0.3 is 19.5 Å². The third-order valence-corrected chi connectivity index (χ3v) is 4.14. The monoisotopic (exact) mass is 367 g/mol. The van der Waals surface area contributed by atoms with Crippen LogP contribution in [-0.2, 0) is 6.54 Å². The molecule has 0 aliphatic heterocycles. The number of ether oxygens (including phenoxy) is 3. The molecule has 3 rings (SSSR count). The van der Waals surface area contributed by atoms with Crippen LogP contribution in [0.25, 0.3) is 11.3 Å². The highest BCUT2D eigenvalue weighted by molar-refractivity contribution is 5.93. The van der Waals surface area contributed by atoms with Crippen LogP contribution in [-0.4, -0.2) is 37.4 Å². The summed E-state index contributed by atoms with van der Waals surface area (Å²) in [6.45, 7) is 0.350. The van der Waals surface area contributed by atoms with Crippen LogP contribution in [0.4, 0.5) is 0 Å². The van der Waals surface area contributed by atoms with E-state index in [0.717, 1.165) is 16.9 Å². The van der Waals surface area contributed by atoms with Crippen molar-refractivity contribution in [2.45, 2.75) is 6.54 Å². The molecule has 7 heteroatoms. The van der Waals surface area contributed by atoms with E-state index in [1.807, 2.05) is 36.4 Å². The number of aromatic amines is 1. The van der Waals surface area contributed by atoms with Crippen LogP contribution < -0.4 is 19.5 Å². The van der Waals surface area contributed by atoms with Crippen LogP contribution in [0.2, 0.25) is 0 Å². The van der Waals surface area contributed by atoms with Gasteiger partial charge in [-0.05, 0) is 24.3 Å². The molecule has 1 aromatic heterocycles. The summed E-state index contributed by atoms with van der Waals surface area (Å²) >= 11 is 0. The average Bonchev–Trinajstić information content (AvgIpc) is 3.21. The number of carbonyl (C=O) groups excluding carboxylic acids is 1. The van der Waals surface area contributed by atoms with Crippen molar-refractivity contribution in [1.82, 2.24) is 15.5 Å². The van der Waals surface area contributed by atoms with Gasteiger partial charge in [0.05, 0.1) is 27.0 Å². The number of nitrogens with one attached hydrogen (secondary N) is 2. The Balaban J connectivity index is 1.74. The van der Waals surface area contributed by atoms with Gasteiger partial charge in [0.1, 0.15) is 22.9 Å². The SMILES string of the molecule is COc1ccc(-c2cc(C(=O)NCc3ccccc3OC)[nH]n2)c(OC)c1. The van der Waals surface area contributed by atoms with Gasteiger partial charge in [-0.25, -0.2) is 0 Å². The lowest BCUT2D eigenvalue weighted by Gasteiger charge is -2.09. The standard InChI is InChI=1S/C20H21N3O4/c1-25-14-8-9-15(19(10-14)27-3)16-11-17(23-22-16)20(24)21-12-13-6-4-5-7-18(13)26-2/h4-11H,12H2,1-3H3,(H,21,24)(H,22,23). The molecular weight excluding hydrogens is 346 g/mol. The smallest absolute Gasteiger partial charge is 0.269 e. The molecule has 0 unspecified atom stereocenters.